The van der Waals surface area contributed by atoms with Crippen LogP contribution in [0.25, 0.3) is 0 Å². The summed E-state index contributed by atoms with van der Waals surface area (Å²) in [5, 5.41) is 18.7. The zero-order chi connectivity index (χ0) is 14.5. The third-order valence-electron chi connectivity index (χ3n) is 3.48. The Balaban J connectivity index is 1.74. The molecule has 0 aromatic carbocycles. The van der Waals surface area contributed by atoms with Crippen molar-refractivity contribution in [2.24, 2.45) is 11.7 Å². The Labute approximate surface area is 116 Å². The number of aromatic nitrogens is 3. The van der Waals surface area contributed by atoms with Gasteiger partial charge in [0.1, 0.15) is 0 Å². The molecule has 1 aromatic rings. The summed E-state index contributed by atoms with van der Waals surface area (Å²) in [6.45, 7) is 0.789. The van der Waals surface area contributed by atoms with Gasteiger partial charge in [0.25, 0.3) is 0 Å². The van der Waals surface area contributed by atoms with Gasteiger partial charge in [0.2, 0.25) is 5.91 Å². The number of carbonyl (C=O) groups excluding carboxylic acids is 1. The number of nitrogens with zero attached hydrogens (tertiary/aromatic N) is 3. The van der Waals surface area contributed by atoms with Gasteiger partial charge in [0.05, 0.1) is 12.7 Å². The maximum Gasteiger partial charge on any atom is 0.358 e. The Bertz CT molecular complexity index is 487. The van der Waals surface area contributed by atoms with E-state index in [1.807, 2.05) is 0 Å². The molecule has 8 heteroatoms. The zero-order valence-corrected chi connectivity index (χ0v) is 11.2. The van der Waals surface area contributed by atoms with Crippen molar-refractivity contribution in [1.82, 2.24) is 20.3 Å². The number of rotatable bonds is 5. The van der Waals surface area contributed by atoms with Crippen molar-refractivity contribution in [2.75, 3.05) is 6.54 Å². The lowest BCUT2D eigenvalue weighted by atomic mass is 9.85. The molecule has 0 bridgehead atoms. The van der Waals surface area contributed by atoms with Gasteiger partial charge in [-0.2, -0.15) is 0 Å². The van der Waals surface area contributed by atoms with Crippen molar-refractivity contribution in [3.05, 3.63) is 11.9 Å². The largest absolute Gasteiger partial charge is 0.476 e. The Hall–Kier alpha value is -1.96. The molecule has 1 amide bonds. The number of amides is 1. The first-order chi connectivity index (χ1) is 9.56. The summed E-state index contributed by atoms with van der Waals surface area (Å²) >= 11 is 0. The van der Waals surface area contributed by atoms with Gasteiger partial charge in [-0.1, -0.05) is 11.6 Å². The van der Waals surface area contributed by atoms with Gasteiger partial charge in [0.15, 0.2) is 5.69 Å². The Kier molecular flexibility index (Phi) is 4.67. The van der Waals surface area contributed by atoms with Crippen molar-refractivity contribution in [2.45, 2.75) is 38.3 Å². The van der Waals surface area contributed by atoms with Crippen LogP contribution >= 0.6 is 0 Å². The van der Waals surface area contributed by atoms with Crippen LogP contribution < -0.4 is 11.1 Å². The lowest BCUT2D eigenvalue weighted by Gasteiger charge is -2.25. The van der Waals surface area contributed by atoms with Gasteiger partial charge in [-0.05, 0) is 19.3 Å². The lowest BCUT2D eigenvalue weighted by molar-refractivity contribution is -0.126. The molecule has 0 saturated heterocycles. The molecule has 8 nitrogen and oxygen atoms in total. The summed E-state index contributed by atoms with van der Waals surface area (Å²) < 4.78 is 1.40. The van der Waals surface area contributed by atoms with Crippen molar-refractivity contribution < 1.29 is 14.7 Å². The molecule has 1 fully saturated rings. The molecule has 0 aliphatic heterocycles. The van der Waals surface area contributed by atoms with Crippen LogP contribution in [0.15, 0.2) is 6.20 Å². The van der Waals surface area contributed by atoms with E-state index in [1.54, 1.807) is 0 Å². The molecule has 1 saturated carbocycles. The molecule has 1 aliphatic rings. The van der Waals surface area contributed by atoms with Crippen LogP contribution in [0.2, 0.25) is 0 Å². The maximum atomic E-state index is 11.9. The van der Waals surface area contributed by atoms with Crippen LogP contribution in [-0.2, 0) is 11.3 Å². The van der Waals surface area contributed by atoms with Crippen LogP contribution in [0.3, 0.4) is 0 Å². The number of carbonyl (C=O) groups is 2. The molecular weight excluding hydrogens is 262 g/mol. The number of carboxylic acid groups (broad SMARTS) is 1. The average molecular weight is 281 g/mol. The molecule has 1 heterocycles. The molecule has 2 unspecified atom stereocenters. The van der Waals surface area contributed by atoms with Gasteiger partial charge in [-0.25, -0.2) is 9.48 Å². The van der Waals surface area contributed by atoms with Gasteiger partial charge < -0.3 is 16.2 Å². The SMILES string of the molecule is NC1CCCC(C(=O)NCCn2cc(C(=O)O)nn2)C1. The smallest absolute Gasteiger partial charge is 0.358 e. The predicted octanol–water partition coefficient (Wildman–Crippen LogP) is -0.390. The highest BCUT2D eigenvalue weighted by molar-refractivity contribution is 5.84. The minimum Gasteiger partial charge on any atom is -0.476 e. The Morgan fingerprint density at radius 2 is 2.30 bits per heavy atom. The van der Waals surface area contributed by atoms with E-state index in [-0.39, 0.29) is 23.6 Å². The number of hydrogen-bond donors (Lipinski definition) is 3. The number of nitrogens with two attached hydrogens (primary N) is 1. The number of carboxylic acids is 1. The first-order valence-electron chi connectivity index (χ1n) is 6.73. The topological polar surface area (TPSA) is 123 Å². The van der Waals surface area contributed by atoms with E-state index in [4.69, 9.17) is 10.8 Å². The summed E-state index contributed by atoms with van der Waals surface area (Å²) in [4.78, 5) is 22.6. The molecule has 20 heavy (non-hydrogen) atoms. The quantitative estimate of drug-likeness (QED) is 0.675. The second-order valence-corrected chi connectivity index (χ2v) is 5.09. The molecule has 0 spiro atoms. The first-order valence-corrected chi connectivity index (χ1v) is 6.73. The number of aromatic carboxylic acids is 1. The van der Waals surface area contributed by atoms with Crippen LogP contribution in [0.5, 0.6) is 0 Å². The fourth-order valence-corrected chi connectivity index (χ4v) is 2.41. The van der Waals surface area contributed by atoms with Gasteiger partial charge in [-0.15, -0.1) is 5.10 Å². The average Bonchev–Trinajstić information content (AvgIpc) is 2.87. The summed E-state index contributed by atoms with van der Waals surface area (Å²) in [5.41, 5.74) is 5.75. The molecule has 1 aliphatic carbocycles. The standard InChI is InChI=1S/C12H19N5O3/c13-9-3-1-2-8(6-9)11(18)14-4-5-17-7-10(12(19)20)15-16-17/h7-9H,1-6,13H2,(H,14,18)(H,19,20). The molecule has 1 aromatic heterocycles. The molecule has 4 N–H and O–H groups in total. The van der Waals surface area contributed by atoms with Crippen molar-refractivity contribution in [1.29, 1.82) is 0 Å². The number of hydrogen-bond acceptors (Lipinski definition) is 5. The number of nitrogens with one attached hydrogen (secondary N) is 1. The van der Waals surface area contributed by atoms with Gasteiger partial charge in [-0.3, -0.25) is 4.79 Å². The molecule has 0 radical (unpaired) electrons. The highest BCUT2D eigenvalue weighted by Gasteiger charge is 2.24. The second-order valence-electron chi connectivity index (χ2n) is 5.09. The van der Waals surface area contributed by atoms with E-state index in [1.165, 1.54) is 10.9 Å². The van der Waals surface area contributed by atoms with Crippen molar-refractivity contribution in [3.8, 4) is 0 Å². The molecular formula is C12H19N5O3. The highest BCUT2D eigenvalue weighted by Crippen LogP contribution is 2.22. The zero-order valence-electron chi connectivity index (χ0n) is 11.2. The summed E-state index contributed by atoms with van der Waals surface area (Å²) in [6.07, 6.45) is 4.93. The van der Waals surface area contributed by atoms with Crippen molar-refractivity contribution >= 4 is 11.9 Å². The highest BCUT2D eigenvalue weighted by atomic mass is 16.4. The first kappa shape index (κ1) is 14.4. The molecule has 110 valence electrons. The Morgan fingerprint density at radius 1 is 1.50 bits per heavy atom. The van der Waals surface area contributed by atoms with E-state index < -0.39 is 5.97 Å². The minimum absolute atomic E-state index is 0.0101. The maximum absolute atomic E-state index is 11.9. The van der Waals surface area contributed by atoms with Gasteiger partial charge >= 0.3 is 5.97 Å². The summed E-state index contributed by atoms with van der Waals surface area (Å²) in [5.74, 6) is -1.11. The fourth-order valence-electron chi connectivity index (χ4n) is 2.41. The third-order valence-corrected chi connectivity index (χ3v) is 3.48. The third kappa shape index (κ3) is 3.77. The minimum atomic E-state index is -1.11. The van der Waals surface area contributed by atoms with Gasteiger partial charge in [0, 0.05) is 18.5 Å². The monoisotopic (exact) mass is 281 g/mol. The fraction of sp³-hybridized carbons (Fsp3) is 0.667. The van der Waals surface area contributed by atoms with Crippen LogP contribution in [-0.4, -0.2) is 44.6 Å². The Morgan fingerprint density at radius 3 is 2.95 bits per heavy atom. The van der Waals surface area contributed by atoms with Crippen LogP contribution in [0, 0.1) is 5.92 Å². The molecule has 2 atom stereocenters. The summed E-state index contributed by atoms with van der Waals surface area (Å²) in [6, 6.07) is 0.118. The van der Waals surface area contributed by atoms with E-state index in [9.17, 15) is 9.59 Å². The van der Waals surface area contributed by atoms with Crippen molar-refractivity contribution in [3.63, 3.8) is 0 Å². The van der Waals surface area contributed by atoms with Crippen LogP contribution in [0.1, 0.15) is 36.2 Å². The van der Waals surface area contributed by atoms with E-state index >= 15 is 0 Å². The molecule has 2 rings (SSSR count). The lowest BCUT2D eigenvalue weighted by Crippen LogP contribution is -2.38. The van der Waals surface area contributed by atoms with Crippen LogP contribution in [0.4, 0.5) is 0 Å². The second kappa shape index (κ2) is 6.47. The predicted molar refractivity (Wildman–Crippen MR) is 69.9 cm³/mol. The van der Waals surface area contributed by atoms with E-state index in [2.05, 4.69) is 15.6 Å². The van der Waals surface area contributed by atoms with E-state index in [0.717, 1.165) is 25.7 Å². The normalized spacial score (nSPS) is 22.4. The summed E-state index contributed by atoms with van der Waals surface area (Å²) in [7, 11) is 0. The van der Waals surface area contributed by atoms with E-state index in [0.29, 0.717) is 13.1 Å².